The van der Waals surface area contributed by atoms with Gasteiger partial charge in [-0.25, -0.2) is 0 Å². The van der Waals surface area contributed by atoms with E-state index in [4.69, 9.17) is 9.84 Å². The van der Waals surface area contributed by atoms with Crippen molar-refractivity contribution in [3.05, 3.63) is 0 Å². The Morgan fingerprint density at radius 2 is 1.54 bits per heavy atom. The second-order valence-corrected chi connectivity index (χ2v) is 8.99. The molecule has 5 heteroatoms. The number of methoxy groups -OCH3 is 1. The standard InChI is InChI=1S/C10H19NO2.C9H19NO/c1-10(2)7-11(3)6-5-8(10)9(12)13-4;1-9(2)7-10(3)5-4-8(9)6-11/h8H,5-7H2,1-4H3;8,11H,4-7H2,1-3H3. The van der Waals surface area contributed by atoms with Crippen LogP contribution in [0.1, 0.15) is 40.5 Å². The fraction of sp³-hybridized carbons (Fsp3) is 0.947. The number of aliphatic hydroxyl groups excluding tert-OH is 1. The van der Waals surface area contributed by atoms with Gasteiger partial charge in [-0.15, -0.1) is 0 Å². The van der Waals surface area contributed by atoms with Crippen molar-refractivity contribution in [3.8, 4) is 0 Å². The Morgan fingerprint density at radius 1 is 1.04 bits per heavy atom. The summed E-state index contributed by atoms with van der Waals surface area (Å²) in [4.78, 5) is 16.1. The summed E-state index contributed by atoms with van der Waals surface area (Å²) in [6.07, 6.45) is 2.05. The first-order chi connectivity index (χ1) is 11.0. The molecule has 2 saturated heterocycles. The van der Waals surface area contributed by atoms with Crippen LogP contribution < -0.4 is 0 Å². The zero-order valence-corrected chi connectivity index (χ0v) is 16.8. The third-order valence-corrected chi connectivity index (χ3v) is 5.77. The van der Waals surface area contributed by atoms with Crippen LogP contribution in [0, 0.1) is 22.7 Å². The molecule has 5 nitrogen and oxygen atoms in total. The van der Waals surface area contributed by atoms with Gasteiger partial charge in [0.2, 0.25) is 0 Å². The second-order valence-electron chi connectivity index (χ2n) is 8.99. The van der Waals surface area contributed by atoms with E-state index < -0.39 is 0 Å². The zero-order chi connectivity index (χ0) is 18.5. The molecule has 2 fully saturated rings. The van der Waals surface area contributed by atoms with E-state index in [1.54, 1.807) is 0 Å². The van der Waals surface area contributed by atoms with Crippen LogP contribution in [-0.2, 0) is 9.53 Å². The molecular weight excluding hydrogens is 304 g/mol. The van der Waals surface area contributed by atoms with Gasteiger partial charge in [-0.2, -0.15) is 0 Å². The Kier molecular flexibility index (Phi) is 7.70. The van der Waals surface area contributed by atoms with E-state index in [0.29, 0.717) is 17.9 Å². The van der Waals surface area contributed by atoms with Crippen LogP contribution in [0.2, 0.25) is 0 Å². The first-order valence-corrected chi connectivity index (χ1v) is 9.09. The molecule has 2 rings (SSSR count). The highest BCUT2D eigenvalue weighted by atomic mass is 16.5. The van der Waals surface area contributed by atoms with E-state index in [0.717, 1.165) is 39.0 Å². The van der Waals surface area contributed by atoms with Gasteiger partial charge < -0.3 is 19.6 Å². The van der Waals surface area contributed by atoms with Crippen molar-refractivity contribution in [2.45, 2.75) is 40.5 Å². The van der Waals surface area contributed by atoms with Crippen molar-refractivity contribution in [1.82, 2.24) is 9.80 Å². The van der Waals surface area contributed by atoms with E-state index in [9.17, 15) is 4.79 Å². The molecule has 2 atom stereocenters. The summed E-state index contributed by atoms with van der Waals surface area (Å²) < 4.78 is 4.80. The normalized spacial score (nSPS) is 30.2. The number of ether oxygens (including phenoxy) is 1. The molecule has 2 aliphatic rings. The topological polar surface area (TPSA) is 53.0 Å². The van der Waals surface area contributed by atoms with Crippen LogP contribution in [0.25, 0.3) is 0 Å². The van der Waals surface area contributed by atoms with E-state index >= 15 is 0 Å². The van der Waals surface area contributed by atoms with E-state index in [1.165, 1.54) is 7.11 Å². The SMILES string of the molecule is CN1CCC(CO)C(C)(C)C1.COC(=O)C1CCN(C)CC1(C)C. The average molecular weight is 343 g/mol. The average Bonchev–Trinajstić information content (AvgIpc) is 2.45. The van der Waals surface area contributed by atoms with Gasteiger partial charge in [-0.3, -0.25) is 4.79 Å². The summed E-state index contributed by atoms with van der Waals surface area (Å²) in [5.41, 5.74) is 0.335. The Bertz CT molecular complexity index is 409. The van der Waals surface area contributed by atoms with Gasteiger partial charge in [0, 0.05) is 19.7 Å². The first-order valence-electron chi connectivity index (χ1n) is 9.09. The number of hydrogen-bond acceptors (Lipinski definition) is 5. The van der Waals surface area contributed by atoms with Crippen LogP contribution >= 0.6 is 0 Å². The highest BCUT2D eigenvalue weighted by Crippen LogP contribution is 2.35. The third kappa shape index (κ3) is 5.71. The van der Waals surface area contributed by atoms with Crippen LogP contribution in [0.5, 0.6) is 0 Å². The van der Waals surface area contributed by atoms with Crippen molar-refractivity contribution < 1.29 is 14.6 Å². The second kappa shape index (κ2) is 8.63. The molecule has 2 unspecified atom stereocenters. The molecule has 0 radical (unpaired) electrons. The number of carbonyl (C=O) groups is 1. The van der Waals surface area contributed by atoms with Crippen LogP contribution in [0.15, 0.2) is 0 Å². The molecule has 0 aromatic heterocycles. The number of aliphatic hydroxyl groups is 1. The summed E-state index contributed by atoms with van der Waals surface area (Å²) in [5, 5.41) is 9.09. The van der Waals surface area contributed by atoms with Crippen molar-refractivity contribution in [2.24, 2.45) is 22.7 Å². The highest BCUT2D eigenvalue weighted by molar-refractivity contribution is 5.73. The Labute approximate surface area is 148 Å². The van der Waals surface area contributed by atoms with Gasteiger partial charge in [0.15, 0.2) is 0 Å². The quantitative estimate of drug-likeness (QED) is 0.779. The van der Waals surface area contributed by atoms with Crippen LogP contribution in [0.3, 0.4) is 0 Å². The molecule has 0 aliphatic carbocycles. The minimum atomic E-state index is -0.0573. The minimum Gasteiger partial charge on any atom is -0.469 e. The maximum absolute atomic E-state index is 11.4. The van der Waals surface area contributed by atoms with Crippen LogP contribution in [-0.4, -0.2) is 74.9 Å². The smallest absolute Gasteiger partial charge is 0.309 e. The molecule has 0 bridgehead atoms. The fourth-order valence-electron chi connectivity index (χ4n) is 4.21. The predicted octanol–water partition coefficient (Wildman–Crippen LogP) is 2.09. The summed E-state index contributed by atoms with van der Waals surface area (Å²) >= 11 is 0. The molecule has 0 aromatic rings. The summed E-state index contributed by atoms with van der Waals surface area (Å²) in [6, 6.07) is 0. The lowest BCUT2D eigenvalue weighted by Gasteiger charge is -2.42. The molecule has 2 heterocycles. The monoisotopic (exact) mass is 342 g/mol. The summed E-state index contributed by atoms with van der Waals surface area (Å²) in [6.45, 7) is 13.3. The largest absolute Gasteiger partial charge is 0.469 e. The van der Waals surface area contributed by atoms with Gasteiger partial charge in [0.1, 0.15) is 0 Å². The van der Waals surface area contributed by atoms with Crippen LogP contribution in [0.4, 0.5) is 0 Å². The van der Waals surface area contributed by atoms with Gasteiger partial charge in [0.05, 0.1) is 13.0 Å². The van der Waals surface area contributed by atoms with Crippen molar-refractivity contribution >= 4 is 5.97 Å². The molecule has 0 aromatic carbocycles. The molecule has 1 N–H and O–H groups in total. The number of piperidine rings is 2. The lowest BCUT2D eigenvalue weighted by atomic mass is 9.74. The molecule has 0 amide bonds. The highest BCUT2D eigenvalue weighted by Gasteiger charge is 2.39. The fourth-order valence-corrected chi connectivity index (χ4v) is 4.21. The van der Waals surface area contributed by atoms with E-state index in [1.807, 2.05) is 0 Å². The minimum absolute atomic E-state index is 0.0418. The number of hydrogen-bond donors (Lipinski definition) is 1. The summed E-state index contributed by atoms with van der Waals surface area (Å²) in [7, 11) is 5.71. The number of carbonyl (C=O) groups excluding carboxylic acids is 1. The van der Waals surface area contributed by atoms with Gasteiger partial charge in [0.25, 0.3) is 0 Å². The lowest BCUT2D eigenvalue weighted by Crippen LogP contribution is -2.47. The van der Waals surface area contributed by atoms with E-state index in [-0.39, 0.29) is 17.3 Å². The number of nitrogens with zero attached hydrogens (tertiary/aromatic N) is 2. The lowest BCUT2D eigenvalue weighted by molar-refractivity contribution is -0.152. The summed E-state index contributed by atoms with van der Waals surface area (Å²) in [5.74, 6) is 0.505. The Hall–Kier alpha value is -0.650. The van der Waals surface area contributed by atoms with E-state index in [2.05, 4.69) is 51.6 Å². The number of likely N-dealkylation sites (tertiary alicyclic amines) is 2. The first kappa shape index (κ1) is 21.4. The Balaban J connectivity index is 0.000000243. The Morgan fingerprint density at radius 3 is 1.96 bits per heavy atom. The van der Waals surface area contributed by atoms with Crippen molar-refractivity contribution in [2.75, 3.05) is 54.0 Å². The van der Waals surface area contributed by atoms with Gasteiger partial charge >= 0.3 is 5.97 Å². The number of rotatable bonds is 2. The van der Waals surface area contributed by atoms with Gasteiger partial charge in [-0.1, -0.05) is 27.7 Å². The molecule has 2 aliphatic heterocycles. The maximum Gasteiger partial charge on any atom is 0.309 e. The molecule has 24 heavy (non-hydrogen) atoms. The molecule has 0 spiro atoms. The molecular formula is C19H38N2O3. The van der Waals surface area contributed by atoms with Gasteiger partial charge in [-0.05, 0) is 56.8 Å². The molecule has 142 valence electrons. The zero-order valence-electron chi connectivity index (χ0n) is 16.8. The predicted molar refractivity (Wildman–Crippen MR) is 97.9 cm³/mol. The molecule has 0 saturated carbocycles. The maximum atomic E-state index is 11.4. The third-order valence-electron chi connectivity index (χ3n) is 5.77. The number of esters is 1. The van der Waals surface area contributed by atoms with Crippen molar-refractivity contribution in [3.63, 3.8) is 0 Å². The van der Waals surface area contributed by atoms with Crippen molar-refractivity contribution in [1.29, 1.82) is 0 Å².